The van der Waals surface area contributed by atoms with Gasteiger partial charge in [-0.05, 0) is 43.3 Å². The number of rotatable bonds is 5. The Hall–Kier alpha value is -2.20. The van der Waals surface area contributed by atoms with Gasteiger partial charge >= 0.3 is 0 Å². The third-order valence-electron chi connectivity index (χ3n) is 3.11. The molecule has 0 amide bonds. The van der Waals surface area contributed by atoms with Crippen molar-refractivity contribution in [1.29, 1.82) is 0 Å². The molecule has 0 aliphatic heterocycles. The molecule has 0 saturated carbocycles. The Balaban J connectivity index is 1.96. The molecule has 2 aromatic rings. The van der Waals surface area contributed by atoms with Crippen LogP contribution < -0.4 is 10.6 Å². The molecule has 0 spiro atoms. The Morgan fingerprint density at radius 2 is 1.62 bits per heavy atom. The minimum absolute atomic E-state index is 0.0658. The van der Waals surface area contributed by atoms with E-state index in [1.54, 1.807) is 6.92 Å². The van der Waals surface area contributed by atoms with Crippen molar-refractivity contribution < 1.29 is 4.79 Å². The Bertz CT molecular complexity index is 599. The second-order valence-electron chi connectivity index (χ2n) is 4.82. The quantitative estimate of drug-likeness (QED) is 0.832. The van der Waals surface area contributed by atoms with Crippen molar-refractivity contribution in [3.05, 3.63) is 66.2 Å². The van der Waals surface area contributed by atoms with Crippen molar-refractivity contribution in [3.8, 4) is 0 Å². The first kappa shape index (κ1) is 15.2. The van der Waals surface area contributed by atoms with Gasteiger partial charge in [0.05, 0.1) is 6.04 Å². The zero-order valence-electron chi connectivity index (χ0n) is 11.9. The van der Waals surface area contributed by atoms with Crippen LogP contribution in [0.25, 0.3) is 0 Å². The molecule has 2 rings (SSSR count). The number of carbonyl (C=O) groups is 1. The van der Waals surface area contributed by atoms with E-state index in [0.29, 0.717) is 11.5 Å². The van der Waals surface area contributed by atoms with E-state index in [4.69, 9.17) is 12.2 Å². The van der Waals surface area contributed by atoms with Crippen LogP contribution in [0.1, 0.15) is 12.5 Å². The van der Waals surface area contributed by atoms with Gasteiger partial charge in [-0.1, -0.05) is 48.5 Å². The first-order chi connectivity index (χ1) is 10.1. The Morgan fingerprint density at radius 3 is 2.19 bits per heavy atom. The van der Waals surface area contributed by atoms with Crippen LogP contribution in [0.15, 0.2) is 60.7 Å². The van der Waals surface area contributed by atoms with E-state index in [9.17, 15) is 4.79 Å². The van der Waals surface area contributed by atoms with Crippen LogP contribution >= 0.6 is 12.2 Å². The number of ketones is 1. The molecule has 3 nitrogen and oxygen atoms in total. The van der Waals surface area contributed by atoms with Gasteiger partial charge < -0.3 is 10.6 Å². The predicted octanol–water partition coefficient (Wildman–Crippen LogP) is 3.17. The molecule has 0 aliphatic rings. The van der Waals surface area contributed by atoms with Gasteiger partial charge in [0.1, 0.15) is 0 Å². The maximum Gasteiger partial charge on any atom is 0.171 e. The molecule has 0 unspecified atom stereocenters. The Labute approximate surface area is 130 Å². The average Bonchev–Trinajstić information content (AvgIpc) is 2.48. The molecule has 0 bridgehead atoms. The van der Waals surface area contributed by atoms with Crippen LogP contribution in [-0.4, -0.2) is 16.9 Å². The van der Waals surface area contributed by atoms with Gasteiger partial charge in [-0.25, -0.2) is 0 Å². The number of para-hydroxylation sites is 1. The standard InChI is InChI=1S/C17H18N2OS/c1-13(20)16(12-14-8-4-2-5-9-14)19-17(21)18-15-10-6-3-7-11-15/h2-11,16H,12H2,1H3,(H2,18,19,21)/t16-/m0/s1. The van der Waals surface area contributed by atoms with E-state index in [1.807, 2.05) is 60.7 Å². The normalized spacial score (nSPS) is 11.5. The average molecular weight is 298 g/mol. The third-order valence-corrected chi connectivity index (χ3v) is 3.33. The lowest BCUT2D eigenvalue weighted by Crippen LogP contribution is -2.43. The minimum atomic E-state index is -0.323. The molecule has 2 N–H and O–H groups in total. The monoisotopic (exact) mass is 298 g/mol. The molecule has 0 fully saturated rings. The summed E-state index contributed by atoms with van der Waals surface area (Å²) in [6.45, 7) is 1.58. The topological polar surface area (TPSA) is 41.1 Å². The van der Waals surface area contributed by atoms with Crippen molar-refractivity contribution in [2.24, 2.45) is 0 Å². The molecule has 0 aliphatic carbocycles. The SMILES string of the molecule is CC(=O)[C@H](Cc1ccccc1)NC(=S)Nc1ccccc1. The lowest BCUT2D eigenvalue weighted by Gasteiger charge is -2.18. The lowest BCUT2D eigenvalue weighted by molar-refractivity contribution is -0.118. The first-order valence-corrected chi connectivity index (χ1v) is 7.23. The fraction of sp³-hybridized carbons (Fsp3) is 0.176. The van der Waals surface area contributed by atoms with Crippen LogP contribution in [0.2, 0.25) is 0 Å². The van der Waals surface area contributed by atoms with Crippen LogP contribution in [-0.2, 0) is 11.2 Å². The summed E-state index contributed by atoms with van der Waals surface area (Å²) in [5.41, 5.74) is 2.00. The van der Waals surface area contributed by atoms with Crippen molar-refractivity contribution in [3.63, 3.8) is 0 Å². The maximum atomic E-state index is 11.8. The second kappa shape index (κ2) is 7.55. The number of thiocarbonyl (C=S) groups is 1. The highest BCUT2D eigenvalue weighted by molar-refractivity contribution is 7.80. The molecule has 0 radical (unpaired) electrons. The molecule has 2 aromatic carbocycles. The molecule has 1 atom stereocenters. The number of anilines is 1. The number of nitrogens with one attached hydrogen (secondary N) is 2. The highest BCUT2D eigenvalue weighted by atomic mass is 32.1. The summed E-state index contributed by atoms with van der Waals surface area (Å²) >= 11 is 5.27. The van der Waals surface area contributed by atoms with E-state index in [0.717, 1.165) is 11.3 Å². The summed E-state index contributed by atoms with van der Waals surface area (Å²) < 4.78 is 0. The number of Topliss-reactive ketones (excluding diaryl/α,β-unsaturated/α-hetero) is 1. The van der Waals surface area contributed by atoms with E-state index in [-0.39, 0.29) is 11.8 Å². The summed E-state index contributed by atoms with van der Waals surface area (Å²) in [7, 11) is 0. The van der Waals surface area contributed by atoms with Gasteiger partial charge in [-0.3, -0.25) is 4.79 Å². The molecule has 0 heterocycles. The highest BCUT2D eigenvalue weighted by Gasteiger charge is 2.15. The van der Waals surface area contributed by atoms with Crippen LogP contribution in [0.5, 0.6) is 0 Å². The van der Waals surface area contributed by atoms with Gasteiger partial charge in [-0.15, -0.1) is 0 Å². The van der Waals surface area contributed by atoms with Crippen LogP contribution in [0, 0.1) is 0 Å². The minimum Gasteiger partial charge on any atom is -0.352 e. The Morgan fingerprint density at radius 1 is 1.05 bits per heavy atom. The summed E-state index contributed by atoms with van der Waals surface area (Å²) in [5.74, 6) is 0.0658. The van der Waals surface area contributed by atoms with E-state index >= 15 is 0 Å². The number of hydrogen-bond acceptors (Lipinski definition) is 2. The van der Waals surface area contributed by atoms with Gasteiger partial charge in [0.2, 0.25) is 0 Å². The molecule has 0 aromatic heterocycles. The molecule has 108 valence electrons. The summed E-state index contributed by atoms with van der Waals surface area (Å²) in [6.07, 6.45) is 0.618. The van der Waals surface area contributed by atoms with E-state index in [2.05, 4.69) is 10.6 Å². The maximum absolute atomic E-state index is 11.8. The zero-order chi connectivity index (χ0) is 15.1. The zero-order valence-corrected chi connectivity index (χ0v) is 12.7. The number of benzene rings is 2. The van der Waals surface area contributed by atoms with E-state index in [1.165, 1.54) is 0 Å². The predicted molar refractivity (Wildman–Crippen MR) is 90.4 cm³/mol. The van der Waals surface area contributed by atoms with Crippen molar-refractivity contribution in [2.75, 3.05) is 5.32 Å². The highest BCUT2D eigenvalue weighted by Crippen LogP contribution is 2.07. The lowest BCUT2D eigenvalue weighted by atomic mass is 10.0. The fourth-order valence-electron chi connectivity index (χ4n) is 1.99. The smallest absolute Gasteiger partial charge is 0.171 e. The molecule has 21 heavy (non-hydrogen) atoms. The van der Waals surface area contributed by atoms with Crippen molar-refractivity contribution >= 4 is 28.8 Å². The van der Waals surface area contributed by atoms with Crippen LogP contribution in [0.4, 0.5) is 5.69 Å². The largest absolute Gasteiger partial charge is 0.352 e. The molecule has 4 heteroatoms. The number of carbonyl (C=O) groups excluding carboxylic acids is 1. The second-order valence-corrected chi connectivity index (χ2v) is 5.23. The van der Waals surface area contributed by atoms with E-state index < -0.39 is 0 Å². The Kier molecular flexibility index (Phi) is 5.46. The van der Waals surface area contributed by atoms with Gasteiger partial charge in [-0.2, -0.15) is 0 Å². The van der Waals surface area contributed by atoms with Crippen molar-refractivity contribution in [1.82, 2.24) is 5.32 Å². The van der Waals surface area contributed by atoms with Gasteiger partial charge in [0.25, 0.3) is 0 Å². The number of hydrogen-bond donors (Lipinski definition) is 2. The van der Waals surface area contributed by atoms with Crippen molar-refractivity contribution in [2.45, 2.75) is 19.4 Å². The molecular weight excluding hydrogens is 280 g/mol. The summed E-state index contributed by atoms with van der Waals surface area (Å²) in [5, 5.41) is 6.62. The summed E-state index contributed by atoms with van der Waals surface area (Å²) in [6, 6.07) is 19.2. The fourth-order valence-corrected chi connectivity index (χ4v) is 2.25. The van der Waals surface area contributed by atoms with Crippen LogP contribution in [0.3, 0.4) is 0 Å². The molecular formula is C17H18N2OS. The summed E-state index contributed by atoms with van der Waals surface area (Å²) in [4.78, 5) is 11.8. The third kappa shape index (κ3) is 5.00. The van der Waals surface area contributed by atoms with Gasteiger partial charge in [0, 0.05) is 5.69 Å². The first-order valence-electron chi connectivity index (χ1n) is 6.82. The molecule has 0 saturated heterocycles. The van der Waals surface area contributed by atoms with Gasteiger partial charge in [0.15, 0.2) is 10.9 Å².